The van der Waals surface area contributed by atoms with Gasteiger partial charge in [-0.05, 0) is 29.7 Å². The van der Waals surface area contributed by atoms with Gasteiger partial charge in [0.25, 0.3) is 0 Å². The van der Waals surface area contributed by atoms with Gasteiger partial charge >= 0.3 is 0 Å². The fourth-order valence-corrected chi connectivity index (χ4v) is 1.87. The first kappa shape index (κ1) is 7.93. The average molecular weight is 183 g/mol. The van der Waals surface area contributed by atoms with E-state index in [4.69, 9.17) is 16.3 Å². The zero-order valence-corrected chi connectivity index (χ0v) is 7.82. The van der Waals surface area contributed by atoms with E-state index < -0.39 is 0 Å². The number of ether oxygens (including phenoxy) is 1. The van der Waals surface area contributed by atoms with Gasteiger partial charge in [0.1, 0.15) is 5.75 Å². The smallest absolute Gasteiger partial charge is 0.125 e. The molecule has 0 saturated heterocycles. The van der Waals surface area contributed by atoms with E-state index in [0.29, 0.717) is 0 Å². The molecule has 0 aromatic heterocycles. The molecule has 1 nitrogen and oxygen atoms in total. The van der Waals surface area contributed by atoms with E-state index in [1.807, 2.05) is 12.1 Å². The minimum Gasteiger partial charge on any atom is -0.493 e. The van der Waals surface area contributed by atoms with E-state index in [2.05, 4.69) is 6.92 Å². The first-order valence-corrected chi connectivity index (χ1v) is 4.63. The molecule has 1 aromatic carbocycles. The van der Waals surface area contributed by atoms with Gasteiger partial charge in [-0.2, -0.15) is 0 Å². The molecule has 0 fully saturated rings. The summed E-state index contributed by atoms with van der Waals surface area (Å²) >= 11 is 5.95. The lowest BCUT2D eigenvalue weighted by Gasteiger charge is -2.05. The number of aryl methyl sites for hydroxylation is 1. The number of fused-ring (bicyclic) bond motifs is 1. The van der Waals surface area contributed by atoms with Crippen LogP contribution in [0.2, 0.25) is 5.02 Å². The predicted molar refractivity (Wildman–Crippen MR) is 50.0 cm³/mol. The number of hydrogen-bond donors (Lipinski definition) is 0. The van der Waals surface area contributed by atoms with Gasteiger partial charge in [-0.3, -0.25) is 0 Å². The monoisotopic (exact) mass is 182 g/mol. The molecule has 12 heavy (non-hydrogen) atoms. The zero-order chi connectivity index (χ0) is 8.55. The van der Waals surface area contributed by atoms with Gasteiger partial charge in [0, 0.05) is 11.4 Å². The molecule has 1 aromatic rings. The predicted octanol–water partition coefficient (Wildman–Crippen LogP) is 2.84. The Balaban J connectivity index is 2.55. The average Bonchev–Trinajstić information content (AvgIpc) is 2.50. The summed E-state index contributed by atoms with van der Waals surface area (Å²) in [4.78, 5) is 0. The summed E-state index contributed by atoms with van der Waals surface area (Å²) in [6.45, 7) is 2.93. The van der Waals surface area contributed by atoms with Gasteiger partial charge in [0.2, 0.25) is 0 Å². The van der Waals surface area contributed by atoms with Crippen molar-refractivity contribution in [3.05, 3.63) is 28.3 Å². The summed E-state index contributed by atoms with van der Waals surface area (Å²) in [5.41, 5.74) is 2.49. The van der Waals surface area contributed by atoms with Crippen LogP contribution < -0.4 is 4.74 Å². The van der Waals surface area contributed by atoms with Crippen molar-refractivity contribution in [3.63, 3.8) is 0 Å². The highest BCUT2D eigenvalue weighted by molar-refractivity contribution is 6.30. The Kier molecular flexibility index (Phi) is 1.97. The molecule has 0 saturated carbocycles. The lowest BCUT2D eigenvalue weighted by molar-refractivity contribution is 0.353. The molecule has 0 aliphatic carbocycles. The third-order valence-electron chi connectivity index (χ3n) is 2.21. The molecule has 0 radical (unpaired) electrons. The van der Waals surface area contributed by atoms with Gasteiger partial charge in [0.05, 0.1) is 6.61 Å². The molecule has 0 atom stereocenters. The van der Waals surface area contributed by atoms with Gasteiger partial charge in [-0.1, -0.05) is 18.5 Å². The van der Waals surface area contributed by atoms with Crippen molar-refractivity contribution < 1.29 is 4.74 Å². The van der Waals surface area contributed by atoms with Crippen LogP contribution in [-0.4, -0.2) is 6.61 Å². The Morgan fingerprint density at radius 1 is 1.50 bits per heavy atom. The molecule has 2 rings (SSSR count). The zero-order valence-electron chi connectivity index (χ0n) is 7.06. The van der Waals surface area contributed by atoms with Crippen molar-refractivity contribution in [2.45, 2.75) is 19.8 Å². The second-order valence-electron chi connectivity index (χ2n) is 3.01. The summed E-state index contributed by atoms with van der Waals surface area (Å²) in [7, 11) is 0. The maximum Gasteiger partial charge on any atom is 0.125 e. The minimum absolute atomic E-state index is 0.808. The van der Waals surface area contributed by atoms with Gasteiger partial charge in [-0.25, -0.2) is 0 Å². The lowest BCUT2D eigenvalue weighted by Crippen LogP contribution is -1.90. The highest BCUT2D eigenvalue weighted by Gasteiger charge is 2.15. The summed E-state index contributed by atoms with van der Waals surface area (Å²) in [5.74, 6) is 1.07. The van der Waals surface area contributed by atoms with E-state index in [1.54, 1.807) is 0 Å². The Morgan fingerprint density at radius 3 is 3.08 bits per heavy atom. The molecule has 64 valence electrons. The summed E-state index contributed by atoms with van der Waals surface area (Å²) in [6.07, 6.45) is 1.99. The highest BCUT2D eigenvalue weighted by atomic mass is 35.5. The maximum atomic E-state index is 5.95. The van der Waals surface area contributed by atoms with E-state index in [-0.39, 0.29) is 0 Å². The fraction of sp³-hybridized carbons (Fsp3) is 0.400. The SMILES string of the molecule is CCc1cc(Cl)cc2c1OCC2. The number of rotatable bonds is 1. The van der Waals surface area contributed by atoms with Crippen molar-refractivity contribution in [1.29, 1.82) is 0 Å². The topological polar surface area (TPSA) is 9.23 Å². The number of halogens is 1. The number of benzene rings is 1. The minimum atomic E-state index is 0.808. The maximum absolute atomic E-state index is 5.95. The molecule has 1 aliphatic rings. The Hall–Kier alpha value is -0.690. The van der Waals surface area contributed by atoms with Crippen LogP contribution in [0.5, 0.6) is 5.75 Å². The molecule has 0 bridgehead atoms. The van der Waals surface area contributed by atoms with Crippen molar-refractivity contribution in [2.75, 3.05) is 6.61 Å². The van der Waals surface area contributed by atoms with Crippen LogP contribution in [0.3, 0.4) is 0 Å². The van der Waals surface area contributed by atoms with Crippen LogP contribution >= 0.6 is 11.6 Å². The van der Waals surface area contributed by atoms with Crippen molar-refractivity contribution in [3.8, 4) is 5.75 Å². The fourth-order valence-electron chi connectivity index (χ4n) is 1.61. The van der Waals surface area contributed by atoms with E-state index in [1.165, 1.54) is 11.1 Å². The van der Waals surface area contributed by atoms with Crippen LogP contribution in [0.4, 0.5) is 0 Å². The van der Waals surface area contributed by atoms with E-state index >= 15 is 0 Å². The molecular weight excluding hydrogens is 172 g/mol. The molecule has 2 heteroatoms. The first-order valence-electron chi connectivity index (χ1n) is 4.25. The summed E-state index contributed by atoms with van der Waals surface area (Å²) < 4.78 is 5.52. The normalized spacial score (nSPS) is 14.2. The largest absolute Gasteiger partial charge is 0.493 e. The third-order valence-corrected chi connectivity index (χ3v) is 2.42. The standard InChI is InChI=1S/C10H11ClO/c1-2-7-5-9(11)6-8-3-4-12-10(7)8/h5-6H,2-4H2,1H3. The lowest BCUT2D eigenvalue weighted by atomic mass is 10.1. The molecule has 0 unspecified atom stereocenters. The number of hydrogen-bond acceptors (Lipinski definition) is 1. The van der Waals surface area contributed by atoms with Crippen LogP contribution in [0.1, 0.15) is 18.1 Å². The van der Waals surface area contributed by atoms with Crippen LogP contribution in [0, 0.1) is 0 Å². The third kappa shape index (κ3) is 1.18. The molecular formula is C10H11ClO. The molecule has 0 amide bonds. The Bertz CT molecular complexity index is 307. The highest BCUT2D eigenvalue weighted by Crippen LogP contribution is 2.32. The van der Waals surface area contributed by atoms with Crippen molar-refractivity contribution in [2.24, 2.45) is 0 Å². The van der Waals surface area contributed by atoms with Crippen LogP contribution in [0.25, 0.3) is 0 Å². The van der Waals surface area contributed by atoms with Gasteiger partial charge in [-0.15, -0.1) is 0 Å². The van der Waals surface area contributed by atoms with Crippen LogP contribution in [0.15, 0.2) is 12.1 Å². The van der Waals surface area contributed by atoms with Crippen molar-refractivity contribution in [1.82, 2.24) is 0 Å². The van der Waals surface area contributed by atoms with Gasteiger partial charge < -0.3 is 4.74 Å². The van der Waals surface area contributed by atoms with Gasteiger partial charge in [0.15, 0.2) is 0 Å². The molecule has 0 spiro atoms. The van der Waals surface area contributed by atoms with Crippen LogP contribution in [-0.2, 0) is 12.8 Å². The molecule has 1 aliphatic heterocycles. The first-order chi connectivity index (χ1) is 5.81. The summed E-state index contributed by atoms with van der Waals surface area (Å²) in [5, 5.41) is 0.830. The molecule has 1 heterocycles. The Morgan fingerprint density at radius 2 is 2.33 bits per heavy atom. The van der Waals surface area contributed by atoms with E-state index in [0.717, 1.165) is 30.2 Å². The quantitative estimate of drug-likeness (QED) is 0.649. The van der Waals surface area contributed by atoms with E-state index in [9.17, 15) is 0 Å². The molecule has 0 N–H and O–H groups in total. The second-order valence-corrected chi connectivity index (χ2v) is 3.44. The second kappa shape index (κ2) is 2.98. The summed E-state index contributed by atoms with van der Waals surface area (Å²) in [6, 6.07) is 3.99. The Labute approximate surface area is 77.3 Å². The van der Waals surface area contributed by atoms with Crippen molar-refractivity contribution >= 4 is 11.6 Å².